The highest BCUT2D eigenvalue weighted by Gasteiger charge is 2.14. The molecule has 8 nitrogen and oxygen atoms in total. The van der Waals surface area contributed by atoms with Crippen LogP contribution in [0, 0.1) is 17.0 Å². The van der Waals surface area contributed by atoms with E-state index in [0.717, 1.165) is 11.1 Å². The van der Waals surface area contributed by atoms with Crippen molar-refractivity contribution in [1.29, 1.82) is 0 Å². The van der Waals surface area contributed by atoms with E-state index in [9.17, 15) is 14.9 Å². The van der Waals surface area contributed by atoms with Gasteiger partial charge in [0.05, 0.1) is 10.5 Å². The zero-order chi connectivity index (χ0) is 17.8. The smallest absolute Gasteiger partial charge is 0.338 e. The summed E-state index contributed by atoms with van der Waals surface area (Å²) in [6.45, 7) is 1.77. The summed E-state index contributed by atoms with van der Waals surface area (Å²) < 4.78 is 10.6. The summed E-state index contributed by atoms with van der Waals surface area (Å²) in [4.78, 5) is 22.0. The number of carbonyl (C=O) groups is 1. The van der Waals surface area contributed by atoms with Crippen molar-refractivity contribution in [2.75, 3.05) is 0 Å². The molecule has 0 aliphatic carbocycles. The van der Waals surface area contributed by atoms with Gasteiger partial charge in [-0.25, -0.2) is 4.79 Å². The second-order valence-electron chi connectivity index (χ2n) is 5.25. The van der Waals surface area contributed by atoms with E-state index in [0.29, 0.717) is 5.89 Å². The van der Waals surface area contributed by atoms with Crippen molar-refractivity contribution in [2.24, 2.45) is 0 Å². The molecule has 0 aliphatic heterocycles. The largest absolute Gasteiger partial charge is 0.452 e. The van der Waals surface area contributed by atoms with Crippen molar-refractivity contribution < 1.29 is 18.9 Å². The van der Waals surface area contributed by atoms with E-state index in [2.05, 4.69) is 10.2 Å². The van der Waals surface area contributed by atoms with Gasteiger partial charge in [-0.05, 0) is 31.2 Å². The molecule has 0 amide bonds. The molecule has 3 aromatic rings. The Morgan fingerprint density at radius 1 is 1.20 bits per heavy atom. The Morgan fingerprint density at radius 3 is 2.64 bits per heavy atom. The predicted molar refractivity (Wildman–Crippen MR) is 86.7 cm³/mol. The maximum absolute atomic E-state index is 11.9. The molecule has 8 heteroatoms. The second kappa shape index (κ2) is 6.91. The van der Waals surface area contributed by atoms with E-state index in [-0.39, 0.29) is 23.7 Å². The van der Waals surface area contributed by atoms with Gasteiger partial charge in [0.25, 0.3) is 11.6 Å². The van der Waals surface area contributed by atoms with Crippen molar-refractivity contribution in [2.45, 2.75) is 13.5 Å². The van der Waals surface area contributed by atoms with E-state index in [1.165, 1.54) is 24.3 Å². The van der Waals surface area contributed by atoms with E-state index < -0.39 is 10.9 Å². The third-order valence-corrected chi connectivity index (χ3v) is 3.37. The molecular formula is C17H13N3O5. The summed E-state index contributed by atoms with van der Waals surface area (Å²) in [5.74, 6) is -0.137. The van der Waals surface area contributed by atoms with Gasteiger partial charge < -0.3 is 9.15 Å². The van der Waals surface area contributed by atoms with Crippen molar-refractivity contribution >= 4 is 11.7 Å². The van der Waals surface area contributed by atoms with Crippen LogP contribution in [0.25, 0.3) is 11.5 Å². The van der Waals surface area contributed by atoms with Gasteiger partial charge in [0.15, 0.2) is 6.61 Å². The zero-order valence-corrected chi connectivity index (χ0v) is 13.2. The maximum atomic E-state index is 11.9. The fraction of sp³-hybridized carbons (Fsp3) is 0.118. The van der Waals surface area contributed by atoms with Crippen molar-refractivity contribution in [3.8, 4) is 11.5 Å². The first-order chi connectivity index (χ1) is 12.0. The minimum atomic E-state index is -0.634. The fourth-order valence-electron chi connectivity index (χ4n) is 2.14. The Labute approximate surface area is 142 Å². The summed E-state index contributed by atoms with van der Waals surface area (Å²) in [6.07, 6.45) is 0. The molecule has 0 saturated heterocycles. The minimum Gasteiger partial charge on any atom is -0.452 e. The van der Waals surface area contributed by atoms with Crippen LogP contribution in [0.5, 0.6) is 0 Å². The van der Waals surface area contributed by atoms with Gasteiger partial charge in [0.1, 0.15) is 0 Å². The molecule has 1 aromatic heterocycles. The van der Waals surface area contributed by atoms with Gasteiger partial charge in [0.2, 0.25) is 5.89 Å². The standard InChI is InChI=1S/C17H13N3O5/c1-11-3-2-4-13(9-11)16-19-18-15(25-16)10-24-17(21)12-5-7-14(8-6-12)20(22)23/h2-9H,10H2,1H3. The number of rotatable bonds is 5. The summed E-state index contributed by atoms with van der Waals surface area (Å²) in [7, 11) is 0. The molecule has 3 rings (SSSR count). The molecule has 0 bridgehead atoms. The average molecular weight is 339 g/mol. The summed E-state index contributed by atoms with van der Waals surface area (Å²) in [5, 5.41) is 18.4. The molecule has 25 heavy (non-hydrogen) atoms. The second-order valence-corrected chi connectivity index (χ2v) is 5.25. The van der Waals surface area contributed by atoms with Gasteiger partial charge in [-0.3, -0.25) is 10.1 Å². The van der Waals surface area contributed by atoms with Crippen LogP contribution in [0.3, 0.4) is 0 Å². The molecule has 0 unspecified atom stereocenters. The van der Waals surface area contributed by atoms with Crippen molar-refractivity contribution in [3.05, 3.63) is 75.7 Å². The molecule has 2 aromatic carbocycles. The number of aryl methyl sites for hydroxylation is 1. The number of hydrogen-bond donors (Lipinski definition) is 0. The highest BCUT2D eigenvalue weighted by molar-refractivity contribution is 5.89. The fourth-order valence-corrected chi connectivity index (χ4v) is 2.14. The predicted octanol–water partition coefficient (Wildman–Crippen LogP) is 3.31. The zero-order valence-electron chi connectivity index (χ0n) is 13.2. The third-order valence-electron chi connectivity index (χ3n) is 3.37. The lowest BCUT2D eigenvalue weighted by Gasteiger charge is -2.01. The minimum absolute atomic E-state index is 0.101. The van der Waals surface area contributed by atoms with Crippen LogP contribution >= 0.6 is 0 Å². The molecule has 0 spiro atoms. The number of benzene rings is 2. The summed E-state index contributed by atoms with van der Waals surface area (Å²) in [6, 6.07) is 12.7. The van der Waals surface area contributed by atoms with Crippen LogP contribution in [0.4, 0.5) is 5.69 Å². The normalized spacial score (nSPS) is 10.4. The van der Waals surface area contributed by atoms with Gasteiger partial charge in [-0.15, -0.1) is 10.2 Å². The van der Waals surface area contributed by atoms with E-state index >= 15 is 0 Å². The van der Waals surface area contributed by atoms with Crippen molar-refractivity contribution in [3.63, 3.8) is 0 Å². The molecule has 0 fully saturated rings. The van der Waals surface area contributed by atoms with Gasteiger partial charge >= 0.3 is 5.97 Å². The molecular weight excluding hydrogens is 326 g/mol. The van der Waals surface area contributed by atoms with Crippen LogP contribution in [0.2, 0.25) is 0 Å². The number of nitro groups is 1. The first kappa shape index (κ1) is 16.3. The topological polar surface area (TPSA) is 108 Å². The molecule has 1 heterocycles. The third kappa shape index (κ3) is 3.86. The molecule has 126 valence electrons. The molecule has 0 atom stereocenters. The number of hydrogen-bond acceptors (Lipinski definition) is 7. The maximum Gasteiger partial charge on any atom is 0.338 e. The number of nitrogens with zero attached hydrogens (tertiary/aromatic N) is 3. The Hall–Kier alpha value is -3.55. The number of non-ortho nitro benzene ring substituents is 1. The monoisotopic (exact) mass is 339 g/mol. The summed E-state index contributed by atoms with van der Waals surface area (Å²) >= 11 is 0. The van der Waals surface area contributed by atoms with Crippen LogP contribution < -0.4 is 0 Å². The summed E-state index contributed by atoms with van der Waals surface area (Å²) in [5.41, 5.74) is 1.93. The van der Waals surface area contributed by atoms with E-state index in [4.69, 9.17) is 9.15 Å². The van der Waals surface area contributed by atoms with E-state index in [1.807, 2.05) is 31.2 Å². The molecule has 0 aliphatic rings. The van der Waals surface area contributed by atoms with Gasteiger partial charge in [-0.2, -0.15) is 0 Å². The van der Waals surface area contributed by atoms with E-state index in [1.54, 1.807) is 0 Å². The highest BCUT2D eigenvalue weighted by Crippen LogP contribution is 2.19. The molecule has 0 N–H and O–H groups in total. The molecule has 0 saturated carbocycles. The number of ether oxygens (including phenoxy) is 1. The lowest BCUT2D eigenvalue weighted by Crippen LogP contribution is -2.05. The Morgan fingerprint density at radius 2 is 1.96 bits per heavy atom. The van der Waals surface area contributed by atoms with Crippen LogP contribution in [-0.4, -0.2) is 21.1 Å². The lowest BCUT2D eigenvalue weighted by molar-refractivity contribution is -0.384. The number of esters is 1. The number of carbonyl (C=O) groups excluding carboxylic acids is 1. The first-order valence-electron chi connectivity index (χ1n) is 7.34. The average Bonchev–Trinajstić information content (AvgIpc) is 3.09. The Balaban J connectivity index is 1.64. The number of nitro benzene ring substituents is 1. The van der Waals surface area contributed by atoms with Gasteiger partial charge in [0, 0.05) is 17.7 Å². The number of aromatic nitrogens is 2. The SMILES string of the molecule is Cc1cccc(-c2nnc(COC(=O)c3ccc([N+](=O)[O-])cc3)o2)c1. The Kier molecular flexibility index (Phi) is 4.51. The van der Waals surface area contributed by atoms with Crippen molar-refractivity contribution in [1.82, 2.24) is 10.2 Å². The first-order valence-corrected chi connectivity index (χ1v) is 7.34. The Bertz CT molecular complexity index is 918. The molecule has 0 radical (unpaired) electrons. The lowest BCUT2D eigenvalue weighted by atomic mass is 10.1. The highest BCUT2D eigenvalue weighted by atomic mass is 16.6. The quantitative estimate of drug-likeness (QED) is 0.398. The van der Waals surface area contributed by atoms with Gasteiger partial charge in [-0.1, -0.05) is 17.7 Å². The van der Waals surface area contributed by atoms with Crippen LogP contribution in [-0.2, 0) is 11.3 Å². The van der Waals surface area contributed by atoms with Crippen LogP contribution in [0.1, 0.15) is 21.8 Å². The van der Waals surface area contributed by atoms with Crippen LogP contribution in [0.15, 0.2) is 52.9 Å².